The monoisotopic (exact) mass is 209 g/mol. The van der Waals surface area contributed by atoms with Crippen molar-refractivity contribution < 1.29 is 4.42 Å². The number of nitrogens with zero attached hydrogens (tertiary/aromatic N) is 2. The number of hydrogen-bond acceptors (Lipinski definition) is 5. The van der Waals surface area contributed by atoms with Crippen molar-refractivity contribution >= 4 is 11.3 Å². The summed E-state index contributed by atoms with van der Waals surface area (Å²) in [5.41, 5.74) is 0.983. The van der Waals surface area contributed by atoms with Crippen LogP contribution in [0.1, 0.15) is 18.0 Å². The molecule has 0 aliphatic carbocycles. The Bertz CT molecular complexity index is 396. The van der Waals surface area contributed by atoms with Crippen LogP contribution in [-0.2, 0) is 0 Å². The largest absolute Gasteiger partial charge is 0.472 e. The van der Waals surface area contributed by atoms with Crippen LogP contribution in [0, 0.1) is 0 Å². The fourth-order valence-electron chi connectivity index (χ4n) is 1.04. The molecule has 5 heteroatoms. The summed E-state index contributed by atoms with van der Waals surface area (Å²) in [5, 5.41) is 13.2. The zero-order valence-electron chi connectivity index (χ0n) is 8.02. The SMILES string of the molecule is CNC(C)c1nnc(-c2ccoc2)s1. The Morgan fingerprint density at radius 3 is 3.00 bits per heavy atom. The number of aromatic nitrogens is 2. The van der Waals surface area contributed by atoms with E-state index in [1.807, 2.05) is 13.1 Å². The summed E-state index contributed by atoms with van der Waals surface area (Å²) in [7, 11) is 1.91. The summed E-state index contributed by atoms with van der Waals surface area (Å²) in [4.78, 5) is 0. The van der Waals surface area contributed by atoms with Crippen molar-refractivity contribution in [2.75, 3.05) is 7.05 Å². The third kappa shape index (κ3) is 1.69. The number of rotatable bonds is 3. The zero-order valence-corrected chi connectivity index (χ0v) is 8.84. The van der Waals surface area contributed by atoms with Crippen LogP contribution in [0.4, 0.5) is 0 Å². The van der Waals surface area contributed by atoms with Gasteiger partial charge in [-0.25, -0.2) is 0 Å². The molecule has 0 aromatic carbocycles. The van der Waals surface area contributed by atoms with Gasteiger partial charge in [-0.3, -0.25) is 0 Å². The maximum absolute atomic E-state index is 4.99. The fraction of sp³-hybridized carbons (Fsp3) is 0.333. The second kappa shape index (κ2) is 3.89. The predicted octanol–water partition coefficient (Wildman–Crippen LogP) is 2.08. The second-order valence-electron chi connectivity index (χ2n) is 2.97. The third-order valence-electron chi connectivity index (χ3n) is 2.01. The van der Waals surface area contributed by atoms with Gasteiger partial charge in [0.2, 0.25) is 0 Å². The van der Waals surface area contributed by atoms with Gasteiger partial charge in [-0.05, 0) is 20.0 Å². The van der Waals surface area contributed by atoms with E-state index in [0.717, 1.165) is 15.6 Å². The molecular formula is C9H11N3OS. The molecule has 0 aliphatic heterocycles. The zero-order chi connectivity index (χ0) is 9.97. The smallest absolute Gasteiger partial charge is 0.151 e. The maximum Gasteiger partial charge on any atom is 0.151 e. The lowest BCUT2D eigenvalue weighted by Crippen LogP contribution is -2.11. The first-order valence-corrected chi connectivity index (χ1v) is 5.16. The van der Waals surface area contributed by atoms with Gasteiger partial charge < -0.3 is 9.73 Å². The summed E-state index contributed by atoms with van der Waals surface area (Å²) in [6.45, 7) is 2.06. The number of furan rings is 1. The minimum absolute atomic E-state index is 0.244. The van der Waals surface area contributed by atoms with Crippen LogP contribution in [-0.4, -0.2) is 17.2 Å². The van der Waals surface area contributed by atoms with Crippen molar-refractivity contribution in [3.8, 4) is 10.6 Å². The Morgan fingerprint density at radius 1 is 1.50 bits per heavy atom. The Hall–Kier alpha value is -1.20. The van der Waals surface area contributed by atoms with E-state index < -0.39 is 0 Å². The first-order valence-electron chi connectivity index (χ1n) is 4.34. The first-order chi connectivity index (χ1) is 6.81. The van der Waals surface area contributed by atoms with Crippen LogP contribution in [0.15, 0.2) is 23.0 Å². The molecule has 0 amide bonds. The fourth-order valence-corrected chi connectivity index (χ4v) is 1.93. The number of nitrogens with one attached hydrogen (secondary N) is 1. The van der Waals surface area contributed by atoms with E-state index in [-0.39, 0.29) is 6.04 Å². The average molecular weight is 209 g/mol. The van der Waals surface area contributed by atoms with Crippen LogP contribution in [0.25, 0.3) is 10.6 Å². The Kier molecular flexibility index (Phi) is 2.60. The van der Waals surface area contributed by atoms with Gasteiger partial charge in [0.15, 0.2) is 5.01 Å². The van der Waals surface area contributed by atoms with E-state index in [1.54, 1.807) is 23.9 Å². The van der Waals surface area contributed by atoms with Crippen molar-refractivity contribution in [1.82, 2.24) is 15.5 Å². The van der Waals surface area contributed by atoms with Gasteiger partial charge in [-0.1, -0.05) is 11.3 Å². The molecule has 4 nitrogen and oxygen atoms in total. The molecule has 2 aromatic heterocycles. The molecule has 0 bridgehead atoms. The van der Waals surface area contributed by atoms with Gasteiger partial charge in [0.05, 0.1) is 17.9 Å². The van der Waals surface area contributed by atoms with Crippen LogP contribution >= 0.6 is 11.3 Å². The highest BCUT2D eigenvalue weighted by molar-refractivity contribution is 7.14. The minimum Gasteiger partial charge on any atom is -0.472 e. The molecule has 2 rings (SSSR count). The van der Waals surface area contributed by atoms with E-state index in [2.05, 4.69) is 22.4 Å². The molecular weight excluding hydrogens is 198 g/mol. The molecule has 0 saturated heterocycles. The van der Waals surface area contributed by atoms with Gasteiger partial charge in [-0.2, -0.15) is 0 Å². The van der Waals surface area contributed by atoms with Crippen LogP contribution < -0.4 is 5.32 Å². The molecule has 1 atom stereocenters. The summed E-state index contributed by atoms with van der Waals surface area (Å²) in [5.74, 6) is 0. The minimum atomic E-state index is 0.244. The van der Waals surface area contributed by atoms with Crippen molar-refractivity contribution in [1.29, 1.82) is 0 Å². The molecule has 14 heavy (non-hydrogen) atoms. The molecule has 0 fully saturated rings. The van der Waals surface area contributed by atoms with Crippen LogP contribution in [0.2, 0.25) is 0 Å². The predicted molar refractivity (Wildman–Crippen MR) is 55.1 cm³/mol. The Morgan fingerprint density at radius 2 is 2.36 bits per heavy atom. The van der Waals surface area contributed by atoms with Gasteiger partial charge in [0.25, 0.3) is 0 Å². The van der Waals surface area contributed by atoms with Crippen molar-refractivity contribution in [3.63, 3.8) is 0 Å². The van der Waals surface area contributed by atoms with E-state index in [0.29, 0.717) is 0 Å². The van der Waals surface area contributed by atoms with Gasteiger partial charge >= 0.3 is 0 Å². The van der Waals surface area contributed by atoms with Gasteiger partial charge in [0.1, 0.15) is 11.3 Å². The standard InChI is InChI=1S/C9H11N3OS/c1-6(10-2)8-11-12-9(14-8)7-3-4-13-5-7/h3-6,10H,1-2H3. The van der Waals surface area contributed by atoms with E-state index in [4.69, 9.17) is 4.42 Å². The maximum atomic E-state index is 4.99. The Balaban J connectivity index is 2.26. The van der Waals surface area contributed by atoms with E-state index in [1.165, 1.54) is 0 Å². The summed E-state index contributed by atoms with van der Waals surface area (Å²) < 4.78 is 4.99. The van der Waals surface area contributed by atoms with Crippen LogP contribution in [0.3, 0.4) is 0 Å². The highest BCUT2D eigenvalue weighted by Gasteiger charge is 2.11. The highest BCUT2D eigenvalue weighted by atomic mass is 32.1. The second-order valence-corrected chi connectivity index (χ2v) is 3.98. The summed E-state index contributed by atoms with van der Waals surface area (Å²) in [6.07, 6.45) is 3.31. The first kappa shape index (κ1) is 9.36. The Labute approximate surface area is 86.0 Å². The quantitative estimate of drug-likeness (QED) is 0.840. The highest BCUT2D eigenvalue weighted by Crippen LogP contribution is 2.26. The normalized spacial score (nSPS) is 13.0. The molecule has 74 valence electrons. The lowest BCUT2D eigenvalue weighted by molar-refractivity contribution is 0.568. The lowest BCUT2D eigenvalue weighted by atomic mass is 10.4. The topological polar surface area (TPSA) is 51.0 Å². The third-order valence-corrected chi connectivity index (χ3v) is 3.17. The molecule has 1 N–H and O–H groups in total. The molecule has 0 radical (unpaired) electrons. The van der Waals surface area contributed by atoms with Crippen LogP contribution in [0.5, 0.6) is 0 Å². The van der Waals surface area contributed by atoms with Gasteiger partial charge in [0, 0.05) is 0 Å². The summed E-state index contributed by atoms with van der Waals surface area (Å²) >= 11 is 1.58. The summed E-state index contributed by atoms with van der Waals surface area (Å²) in [6, 6.07) is 2.13. The number of hydrogen-bond donors (Lipinski definition) is 1. The molecule has 0 aliphatic rings. The average Bonchev–Trinajstić information content (AvgIpc) is 2.86. The van der Waals surface area contributed by atoms with Crippen molar-refractivity contribution in [2.24, 2.45) is 0 Å². The molecule has 0 saturated carbocycles. The molecule has 1 unspecified atom stereocenters. The molecule has 2 heterocycles. The lowest BCUT2D eigenvalue weighted by Gasteiger charge is -2.02. The van der Waals surface area contributed by atoms with Crippen molar-refractivity contribution in [3.05, 3.63) is 23.6 Å². The van der Waals surface area contributed by atoms with Crippen molar-refractivity contribution in [2.45, 2.75) is 13.0 Å². The molecule has 0 spiro atoms. The van der Waals surface area contributed by atoms with Gasteiger partial charge in [-0.15, -0.1) is 10.2 Å². The van der Waals surface area contributed by atoms with E-state index >= 15 is 0 Å². The van der Waals surface area contributed by atoms with E-state index in [9.17, 15) is 0 Å². The molecule has 2 aromatic rings.